The van der Waals surface area contributed by atoms with Crippen molar-refractivity contribution in [3.05, 3.63) is 30.3 Å². The number of benzene rings is 1. The third-order valence-electron chi connectivity index (χ3n) is 4.43. The van der Waals surface area contributed by atoms with Gasteiger partial charge in [-0.2, -0.15) is 0 Å². The van der Waals surface area contributed by atoms with E-state index in [1.165, 1.54) is 0 Å². The summed E-state index contributed by atoms with van der Waals surface area (Å²) in [4.78, 5) is 16.8. The number of rotatable bonds is 7. The van der Waals surface area contributed by atoms with Gasteiger partial charge in [-0.25, -0.2) is 4.79 Å². The lowest BCUT2D eigenvalue weighted by Gasteiger charge is -2.39. The summed E-state index contributed by atoms with van der Waals surface area (Å²) in [7, 11) is 0. The van der Waals surface area contributed by atoms with E-state index in [0.29, 0.717) is 5.69 Å². The molecule has 1 fully saturated rings. The molecule has 0 aliphatic carbocycles. The first kappa shape index (κ1) is 21.1. The molecule has 4 atom stereocenters. The van der Waals surface area contributed by atoms with E-state index in [4.69, 9.17) is 9.57 Å². The number of hydrogen-bond acceptors (Lipinski definition) is 8. The van der Waals surface area contributed by atoms with Crippen LogP contribution < -0.4 is 10.6 Å². The molecule has 1 aliphatic heterocycles. The number of nitrogens with zero attached hydrogens (tertiary/aromatic N) is 1. The minimum absolute atomic E-state index is 0.0365. The second kappa shape index (κ2) is 10.2. The van der Waals surface area contributed by atoms with Gasteiger partial charge in [0.05, 0.1) is 6.61 Å². The van der Waals surface area contributed by atoms with Crippen LogP contribution in [-0.4, -0.2) is 64.3 Å². The monoisotopic (exact) mass is 381 g/mol. The zero-order valence-electron chi connectivity index (χ0n) is 15.4. The Morgan fingerprint density at radius 2 is 1.89 bits per heavy atom. The molecule has 1 heterocycles. The van der Waals surface area contributed by atoms with Gasteiger partial charge in [-0.15, -0.1) is 0 Å². The van der Waals surface area contributed by atoms with E-state index in [9.17, 15) is 20.1 Å². The largest absolute Gasteiger partial charge is 0.469 e. The molecule has 9 nitrogen and oxygen atoms in total. The van der Waals surface area contributed by atoms with Gasteiger partial charge in [0.15, 0.2) is 6.10 Å². The van der Waals surface area contributed by atoms with E-state index in [2.05, 4.69) is 15.8 Å². The Morgan fingerprint density at radius 1 is 1.22 bits per heavy atom. The molecule has 0 spiro atoms. The summed E-state index contributed by atoms with van der Waals surface area (Å²) in [6, 6.07) is 7.85. The highest BCUT2D eigenvalue weighted by Gasteiger charge is 2.44. The highest BCUT2D eigenvalue weighted by molar-refractivity contribution is 5.87. The maximum Gasteiger partial charge on any atom is 0.437 e. The summed E-state index contributed by atoms with van der Waals surface area (Å²) in [5.41, 5.74) is 0.530. The summed E-state index contributed by atoms with van der Waals surface area (Å²) < 4.78 is 5.44. The van der Waals surface area contributed by atoms with Crippen molar-refractivity contribution >= 4 is 17.7 Å². The lowest BCUT2D eigenvalue weighted by atomic mass is 9.96. The predicted molar refractivity (Wildman–Crippen MR) is 99.2 cm³/mol. The van der Waals surface area contributed by atoms with Gasteiger partial charge in [-0.3, -0.25) is 10.2 Å². The molecule has 1 amide bonds. The fourth-order valence-electron chi connectivity index (χ4n) is 2.78. The summed E-state index contributed by atoms with van der Waals surface area (Å²) in [6.07, 6.45) is -2.93. The molecule has 1 aromatic rings. The third kappa shape index (κ3) is 5.64. The van der Waals surface area contributed by atoms with Gasteiger partial charge in [0.25, 0.3) is 0 Å². The average Bonchev–Trinajstić information content (AvgIpc) is 2.69. The minimum atomic E-state index is -1.31. The van der Waals surface area contributed by atoms with Crippen molar-refractivity contribution < 1.29 is 29.7 Å². The molecular formula is C18H27N3O6. The van der Waals surface area contributed by atoms with Crippen LogP contribution in [0.3, 0.4) is 0 Å². The maximum atomic E-state index is 11.9. The van der Waals surface area contributed by atoms with Crippen LogP contribution in [0, 0.1) is 0 Å². The summed E-state index contributed by atoms with van der Waals surface area (Å²) in [5, 5.41) is 39.2. The number of para-hydroxylation sites is 1. The average molecular weight is 381 g/mol. The number of carbonyl (C=O) groups is 1. The van der Waals surface area contributed by atoms with Crippen LogP contribution in [0.4, 0.5) is 10.5 Å². The van der Waals surface area contributed by atoms with E-state index in [0.717, 1.165) is 12.8 Å². The molecule has 150 valence electrons. The number of carbonyl (C=O) groups excluding carboxylic acids is 1. The molecule has 0 saturated carbocycles. The molecule has 0 aromatic heterocycles. The minimum Gasteiger partial charge on any atom is -0.469 e. The Hall–Kier alpha value is -2.20. The quantitative estimate of drug-likeness (QED) is 0.349. The molecule has 0 unspecified atom stereocenters. The lowest BCUT2D eigenvalue weighted by molar-refractivity contribution is -0.103. The van der Waals surface area contributed by atoms with Gasteiger partial charge < -0.3 is 25.4 Å². The van der Waals surface area contributed by atoms with Crippen LogP contribution in [0.2, 0.25) is 0 Å². The molecule has 1 aliphatic rings. The normalized spacial score (nSPS) is 26.7. The van der Waals surface area contributed by atoms with Gasteiger partial charge in [-0.05, 0) is 30.1 Å². The van der Waals surface area contributed by atoms with Crippen molar-refractivity contribution in [1.82, 2.24) is 5.32 Å². The summed E-state index contributed by atoms with van der Waals surface area (Å²) in [6.45, 7) is 3.43. The standard InChI is InChI=1S/C18H27N3O6/c1-3-11(4-2)19-14-16(24)15(23)13(10-22)26-17(14)21-27-18(25)20-12-8-6-5-7-9-12/h5-9,11,13-16,19,22-24H,3-4,10H2,1-2H3,(H,20,25)/b21-17-/t13-,14-,15-,16-/m1/s1. The van der Waals surface area contributed by atoms with Crippen molar-refractivity contribution in [2.24, 2.45) is 5.16 Å². The van der Waals surface area contributed by atoms with Crippen molar-refractivity contribution in [3.8, 4) is 0 Å². The molecular weight excluding hydrogens is 354 g/mol. The number of oxime groups is 1. The number of anilines is 1. The Bertz CT molecular complexity index is 623. The van der Waals surface area contributed by atoms with Crippen molar-refractivity contribution in [3.63, 3.8) is 0 Å². The maximum absolute atomic E-state index is 11.9. The molecule has 27 heavy (non-hydrogen) atoms. The number of ether oxygens (including phenoxy) is 1. The highest BCUT2D eigenvalue weighted by Crippen LogP contribution is 2.19. The Morgan fingerprint density at radius 3 is 2.48 bits per heavy atom. The molecule has 9 heteroatoms. The van der Waals surface area contributed by atoms with E-state index >= 15 is 0 Å². The number of hydrogen-bond donors (Lipinski definition) is 5. The van der Waals surface area contributed by atoms with Gasteiger partial charge in [0, 0.05) is 11.7 Å². The third-order valence-corrected chi connectivity index (χ3v) is 4.43. The van der Waals surface area contributed by atoms with Crippen LogP contribution in [0.1, 0.15) is 26.7 Å². The number of amides is 1. The van der Waals surface area contributed by atoms with Crippen LogP contribution in [-0.2, 0) is 9.57 Å². The zero-order valence-corrected chi connectivity index (χ0v) is 15.4. The van der Waals surface area contributed by atoms with Gasteiger partial charge in [0.1, 0.15) is 18.2 Å². The van der Waals surface area contributed by atoms with E-state index in [1.54, 1.807) is 24.3 Å². The van der Waals surface area contributed by atoms with Gasteiger partial charge in [0.2, 0.25) is 5.90 Å². The molecule has 0 radical (unpaired) electrons. The predicted octanol–water partition coefficient (Wildman–Crippen LogP) is 0.808. The first-order valence-electron chi connectivity index (χ1n) is 9.00. The second-order valence-corrected chi connectivity index (χ2v) is 6.28. The van der Waals surface area contributed by atoms with Crippen LogP contribution in [0.5, 0.6) is 0 Å². The number of aliphatic hydroxyl groups is 3. The SMILES string of the molecule is CCC(CC)N[C@H]1/C(=N/OC(=O)Nc2ccccc2)O[C@H](CO)[C@@H](O)[C@@H]1O. The first-order chi connectivity index (χ1) is 13.0. The molecule has 1 saturated heterocycles. The Kier molecular flexibility index (Phi) is 7.99. The van der Waals surface area contributed by atoms with Crippen molar-refractivity contribution in [2.75, 3.05) is 11.9 Å². The van der Waals surface area contributed by atoms with E-state index < -0.39 is 37.1 Å². The molecule has 0 bridgehead atoms. The van der Waals surface area contributed by atoms with Crippen molar-refractivity contribution in [2.45, 2.75) is 57.1 Å². The smallest absolute Gasteiger partial charge is 0.437 e. The Balaban J connectivity index is 2.11. The molecule has 1 aromatic carbocycles. The van der Waals surface area contributed by atoms with Crippen LogP contribution in [0.25, 0.3) is 0 Å². The topological polar surface area (TPSA) is 133 Å². The second-order valence-electron chi connectivity index (χ2n) is 6.28. The van der Waals surface area contributed by atoms with Gasteiger partial charge >= 0.3 is 6.09 Å². The summed E-state index contributed by atoms with van der Waals surface area (Å²) in [5.74, 6) is -0.109. The summed E-state index contributed by atoms with van der Waals surface area (Å²) >= 11 is 0. The highest BCUT2D eigenvalue weighted by atomic mass is 16.7. The molecule has 5 N–H and O–H groups in total. The fourth-order valence-corrected chi connectivity index (χ4v) is 2.78. The van der Waals surface area contributed by atoms with Crippen LogP contribution in [0.15, 0.2) is 35.5 Å². The van der Waals surface area contributed by atoms with E-state index in [-0.39, 0.29) is 11.9 Å². The fraction of sp³-hybridized carbons (Fsp3) is 0.556. The van der Waals surface area contributed by atoms with Crippen molar-refractivity contribution in [1.29, 1.82) is 0 Å². The lowest BCUT2D eigenvalue weighted by Crippen LogP contribution is -2.63. The number of nitrogens with one attached hydrogen (secondary N) is 2. The Labute approximate surface area is 158 Å². The van der Waals surface area contributed by atoms with Crippen LogP contribution >= 0.6 is 0 Å². The zero-order chi connectivity index (χ0) is 19.8. The van der Waals surface area contributed by atoms with E-state index in [1.807, 2.05) is 19.9 Å². The number of aliphatic hydroxyl groups excluding tert-OH is 3. The molecule has 2 rings (SSSR count). The first-order valence-corrected chi connectivity index (χ1v) is 9.00. The van der Waals surface area contributed by atoms with Gasteiger partial charge in [-0.1, -0.05) is 32.0 Å².